The van der Waals surface area contributed by atoms with Crippen LogP contribution in [-0.2, 0) is 15.0 Å². The minimum absolute atomic E-state index is 0.222. The Morgan fingerprint density at radius 3 is 2.88 bits per heavy atom. The van der Waals surface area contributed by atoms with Crippen molar-refractivity contribution in [1.82, 2.24) is 9.10 Å². The van der Waals surface area contributed by atoms with Gasteiger partial charge in [0.2, 0.25) is 5.78 Å². The summed E-state index contributed by atoms with van der Waals surface area (Å²) in [5, 5.41) is 8.69. The van der Waals surface area contributed by atoms with Crippen LogP contribution in [0, 0.1) is 0 Å². The lowest BCUT2D eigenvalue weighted by molar-refractivity contribution is -0.115. The van der Waals surface area contributed by atoms with Gasteiger partial charge in [0.15, 0.2) is 0 Å². The van der Waals surface area contributed by atoms with Crippen molar-refractivity contribution in [3.05, 3.63) is 23.2 Å². The molecule has 0 bridgehead atoms. The second kappa shape index (κ2) is 4.35. The van der Waals surface area contributed by atoms with Crippen LogP contribution in [0.15, 0.2) is 22.7 Å². The third-order valence-corrected chi connectivity index (χ3v) is 3.57. The van der Waals surface area contributed by atoms with Gasteiger partial charge in [-0.25, -0.2) is 4.37 Å². The van der Waals surface area contributed by atoms with Crippen LogP contribution in [0.4, 0.5) is 0 Å². The molecule has 2 rings (SSSR count). The van der Waals surface area contributed by atoms with Crippen LogP contribution < -0.4 is 4.72 Å². The molecule has 0 saturated heterocycles. The van der Waals surface area contributed by atoms with Crippen LogP contribution >= 0.6 is 11.5 Å². The van der Waals surface area contributed by atoms with E-state index < -0.39 is 22.6 Å². The molecule has 9 heteroatoms. The van der Waals surface area contributed by atoms with Crippen LogP contribution in [0.5, 0.6) is 0 Å². The van der Waals surface area contributed by atoms with E-state index in [0.717, 1.165) is 11.5 Å². The van der Waals surface area contributed by atoms with Crippen molar-refractivity contribution in [2.45, 2.75) is 0 Å². The number of rotatable bonds is 3. The molecule has 1 aromatic heterocycles. The number of ketones is 1. The number of aliphatic hydroxyl groups excluding tert-OH is 1. The lowest BCUT2D eigenvalue weighted by Gasteiger charge is -2.12. The van der Waals surface area contributed by atoms with Crippen molar-refractivity contribution in [1.29, 1.82) is 0 Å². The predicted molar refractivity (Wildman–Crippen MR) is 61.7 cm³/mol. The Hall–Kier alpha value is -1.58. The minimum atomic E-state index is -3.95. The highest BCUT2D eigenvalue weighted by Crippen LogP contribution is 2.19. The lowest BCUT2D eigenvalue weighted by atomic mass is 10.2. The van der Waals surface area contributed by atoms with Gasteiger partial charge in [-0.05, 0) is 23.7 Å². The molecule has 2 N–H and O–H groups in total. The molecule has 7 nitrogen and oxygen atoms in total. The molecule has 0 unspecified atom stereocenters. The van der Waals surface area contributed by atoms with Gasteiger partial charge < -0.3 is 5.11 Å². The highest BCUT2D eigenvalue weighted by Gasteiger charge is 2.23. The summed E-state index contributed by atoms with van der Waals surface area (Å²) in [4.78, 5) is 11.8. The quantitative estimate of drug-likeness (QED) is 0.759. The van der Waals surface area contributed by atoms with Gasteiger partial charge in [0, 0.05) is 6.20 Å². The zero-order chi connectivity index (χ0) is 12.5. The number of hydrogen-bond acceptors (Lipinski definition) is 6. The summed E-state index contributed by atoms with van der Waals surface area (Å²) in [5.41, 5.74) is -0.0750. The van der Waals surface area contributed by atoms with Gasteiger partial charge in [0.1, 0.15) is 12.3 Å². The predicted octanol–water partition coefficient (Wildman–Crippen LogP) is -0.666. The summed E-state index contributed by atoms with van der Waals surface area (Å²) in [6.07, 6.45) is 2.78. The first-order chi connectivity index (χ1) is 8.02. The van der Waals surface area contributed by atoms with E-state index in [9.17, 15) is 13.2 Å². The summed E-state index contributed by atoms with van der Waals surface area (Å²) in [6, 6.07) is 1.60. The first kappa shape index (κ1) is 11.9. The van der Waals surface area contributed by atoms with Gasteiger partial charge in [-0.1, -0.05) is 0 Å². The third-order valence-electron chi connectivity index (χ3n) is 1.87. The average molecular weight is 273 g/mol. The Morgan fingerprint density at radius 2 is 2.29 bits per heavy atom. The molecule has 0 aliphatic carbocycles. The highest BCUT2D eigenvalue weighted by molar-refractivity contribution is 7.88. The summed E-state index contributed by atoms with van der Waals surface area (Å²) < 4.78 is 32.0. The number of aliphatic hydroxyl groups is 1. The summed E-state index contributed by atoms with van der Waals surface area (Å²) in [7, 11) is -3.95. The van der Waals surface area contributed by atoms with Crippen LogP contribution in [0.1, 0.15) is 4.88 Å². The fraction of sp³-hybridized carbons (Fsp3) is 0.125. The monoisotopic (exact) mass is 273 g/mol. The first-order valence-electron chi connectivity index (χ1n) is 4.41. The Balaban J connectivity index is 2.46. The number of allylic oxidation sites excluding steroid dienone is 1. The standard InChI is InChI=1S/C8H7N3O4S2/c12-4-7(13)5-3-6(8-1-2-9-16-8)11-17(14,15)10-5/h1-3,11-12H,4H2. The van der Waals surface area contributed by atoms with Crippen molar-refractivity contribution in [3.63, 3.8) is 0 Å². The molecule has 0 atom stereocenters. The summed E-state index contributed by atoms with van der Waals surface area (Å²) in [5.74, 6) is -0.753. The fourth-order valence-electron chi connectivity index (χ4n) is 1.17. The number of Topliss-reactive ketones (excluding diaryl/α,β-unsaturated/α-hetero) is 1. The van der Waals surface area contributed by atoms with E-state index in [4.69, 9.17) is 5.11 Å². The van der Waals surface area contributed by atoms with Crippen LogP contribution in [0.3, 0.4) is 0 Å². The van der Waals surface area contributed by atoms with Gasteiger partial charge >= 0.3 is 10.2 Å². The molecular weight excluding hydrogens is 266 g/mol. The van der Waals surface area contributed by atoms with Crippen molar-refractivity contribution < 1.29 is 18.3 Å². The van der Waals surface area contributed by atoms with E-state index in [1.807, 2.05) is 0 Å². The molecular formula is C8H7N3O4S2. The van der Waals surface area contributed by atoms with Gasteiger partial charge in [-0.3, -0.25) is 9.52 Å². The summed E-state index contributed by atoms with van der Waals surface area (Å²) in [6.45, 7) is -0.791. The Kier molecular flexibility index (Phi) is 3.05. The molecule has 0 amide bonds. The van der Waals surface area contributed by atoms with Crippen molar-refractivity contribution >= 4 is 38.9 Å². The number of nitrogens with one attached hydrogen (secondary N) is 1. The smallest absolute Gasteiger partial charge is 0.342 e. The van der Waals surface area contributed by atoms with Crippen molar-refractivity contribution in [2.24, 2.45) is 4.40 Å². The Morgan fingerprint density at radius 1 is 1.53 bits per heavy atom. The van der Waals surface area contributed by atoms with E-state index in [0.29, 0.717) is 4.88 Å². The minimum Gasteiger partial charge on any atom is -0.388 e. The summed E-state index contributed by atoms with van der Waals surface area (Å²) >= 11 is 1.08. The van der Waals surface area contributed by atoms with E-state index in [2.05, 4.69) is 13.5 Å². The fourth-order valence-corrected chi connectivity index (χ4v) is 2.71. The number of nitrogens with zero attached hydrogens (tertiary/aromatic N) is 2. The van der Waals surface area contributed by atoms with E-state index in [-0.39, 0.29) is 11.4 Å². The molecule has 90 valence electrons. The number of carbonyl (C=O) groups is 1. The number of aromatic nitrogens is 1. The zero-order valence-corrected chi connectivity index (χ0v) is 9.96. The molecule has 0 spiro atoms. The highest BCUT2D eigenvalue weighted by atomic mass is 32.2. The van der Waals surface area contributed by atoms with Crippen LogP contribution in [-0.4, -0.2) is 36.0 Å². The molecule has 2 heterocycles. The van der Waals surface area contributed by atoms with E-state index >= 15 is 0 Å². The first-order valence-corrected chi connectivity index (χ1v) is 6.63. The maximum absolute atomic E-state index is 11.4. The Labute approximate surface area is 101 Å². The van der Waals surface area contributed by atoms with Gasteiger partial charge in [0.05, 0.1) is 10.6 Å². The van der Waals surface area contributed by atoms with Crippen LogP contribution in [0.25, 0.3) is 5.70 Å². The van der Waals surface area contributed by atoms with Crippen LogP contribution in [0.2, 0.25) is 0 Å². The van der Waals surface area contributed by atoms with E-state index in [1.54, 1.807) is 6.07 Å². The second-order valence-corrected chi connectivity index (χ2v) is 5.24. The normalized spacial score (nSPS) is 17.9. The third kappa shape index (κ3) is 2.57. The molecule has 0 saturated carbocycles. The zero-order valence-electron chi connectivity index (χ0n) is 8.32. The maximum Gasteiger partial charge on any atom is 0.342 e. The molecule has 0 fully saturated rings. The maximum atomic E-state index is 11.4. The molecule has 1 aliphatic rings. The topological polar surface area (TPSA) is 109 Å². The SMILES string of the molecule is O=C(CO)C1=NS(=O)(=O)NC(c2ccns2)=C1. The lowest BCUT2D eigenvalue weighted by Crippen LogP contribution is -2.29. The molecule has 17 heavy (non-hydrogen) atoms. The van der Waals surface area contributed by atoms with Gasteiger partial charge in [-0.15, -0.1) is 4.40 Å². The average Bonchev–Trinajstić information content (AvgIpc) is 2.79. The molecule has 0 radical (unpaired) electrons. The second-order valence-electron chi connectivity index (χ2n) is 3.07. The molecule has 1 aliphatic heterocycles. The number of carbonyl (C=O) groups excluding carboxylic acids is 1. The Bertz CT molecular complexity index is 601. The van der Waals surface area contributed by atoms with Gasteiger partial charge in [0.25, 0.3) is 0 Å². The largest absolute Gasteiger partial charge is 0.388 e. The van der Waals surface area contributed by atoms with Crippen molar-refractivity contribution in [2.75, 3.05) is 6.61 Å². The molecule has 1 aromatic rings. The molecule has 0 aromatic carbocycles. The van der Waals surface area contributed by atoms with Crippen molar-refractivity contribution in [3.8, 4) is 0 Å². The van der Waals surface area contributed by atoms with Gasteiger partial charge in [-0.2, -0.15) is 8.42 Å². The number of hydrogen-bond donors (Lipinski definition) is 2. The van der Waals surface area contributed by atoms with E-state index in [1.165, 1.54) is 12.3 Å².